The van der Waals surface area contributed by atoms with Gasteiger partial charge in [0.05, 0.1) is 11.1 Å². The number of hydrogen-bond donors (Lipinski definition) is 2. The zero-order valence-electron chi connectivity index (χ0n) is 21.9. The van der Waals surface area contributed by atoms with Crippen molar-refractivity contribution in [2.24, 2.45) is 0 Å². The van der Waals surface area contributed by atoms with E-state index in [1.54, 1.807) is 0 Å². The third-order valence-electron chi connectivity index (χ3n) is 5.94. The van der Waals surface area contributed by atoms with Crippen molar-refractivity contribution in [3.63, 3.8) is 0 Å². The van der Waals surface area contributed by atoms with Crippen molar-refractivity contribution in [2.45, 2.75) is 25.7 Å². The number of aryl methyl sites for hydroxylation is 2. The van der Waals surface area contributed by atoms with E-state index in [4.69, 9.17) is 9.05 Å². The predicted molar refractivity (Wildman–Crippen MR) is 143 cm³/mol. The molecule has 4 aromatic carbocycles. The molecule has 8 nitrogen and oxygen atoms in total. The van der Waals surface area contributed by atoms with Crippen molar-refractivity contribution >= 4 is 19.4 Å². The zero-order chi connectivity index (χ0) is 27.8. The second-order valence-electron chi connectivity index (χ2n) is 8.81. The van der Waals surface area contributed by atoms with Gasteiger partial charge in [0.2, 0.25) is 0 Å². The van der Waals surface area contributed by atoms with Crippen molar-refractivity contribution in [1.29, 1.82) is 0 Å². The van der Waals surface area contributed by atoms with Crippen LogP contribution in [0.1, 0.15) is 44.7 Å². The van der Waals surface area contributed by atoms with Crippen molar-refractivity contribution < 1.29 is 67.9 Å². The number of rotatable bonds is 12. The Balaban J connectivity index is 0.00000441. The van der Waals surface area contributed by atoms with Crippen LogP contribution in [0, 0.1) is 0 Å². The third kappa shape index (κ3) is 8.81. The van der Waals surface area contributed by atoms with Crippen LogP contribution >= 0.6 is 7.82 Å². The molecule has 0 fully saturated rings. The Morgan fingerprint density at radius 2 is 1.02 bits per heavy atom. The summed E-state index contributed by atoms with van der Waals surface area (Å²) in [5, 5.41) is 20.6. The number of Topliss-reactive ketones (excluding diaryl/α,β-unsaturated/α-hetero) is 2. The first-order valence-corrected chi connectivity index (χ1v) is 13.7. The molecule has 10 heteroatoms. The van der Waals surface area contributed by atoms with Gasteiger partial charge in [-0.3, -0.25) is 9.59 Å². The van der Waals surface area contributed by atoms with E-state index in [1.807, 2.05) is 60.7 Å². The second kappa shape index (κ2) is 14.3. The minimum Gasteiger partial charge on any atom is -0.736 e. The van der Waals surface area contributed by atoms with Gasteiger partial charge in [-0.2, -0.15) is 0 Å². The van der Waals surface area contributed by atoms with Gasteiger partial charge in [0.25, 0.3) is 0 Å². The second-order valence-corrected chi connectivity index (χ2v) is 10.1. The van der Waals surface area contributed by atoms with Gasteiger partial charge in [-0.25, -0.2) is 4.57 Å². The molecule has 2 N–H and O–H groups in total. The summed E-state index contributed by atoms with van der Waals surface area (Å²) in [5.41, 5.74) is 2.03. The number of phosphoric acid groups is 1. The van der Waals surface area contributed by atoms with Crippen LogP contribution in [0.25, 0.3) is 0 Å². The molecular formula is C30H26NaO8P. The summed E-state index contributed by atoms with van der Waals surface area (Å²) in [6, 6.07) is 25.9. The van der Waals surface area contributed by atoms with Gasteiger partial charge in [-0.05, 0) is 48.2 Å². The van der Waals surface area contributed by atoms with Crippen LogP contribution in [0.2, 0.25) is 0 Å². The Kier molecular flexibility index (Phi) is 11.1. The topological polar surface area (TPSA) is 133 Å². The van der Waals surface area contributed by atoms with E-state index < -0.39 is 19.3 Å². The number of phenols is 2. The van der Waals surface area contributed by atoms with Crippen LogP contribution in [0.5, 0.6) is 23.0 Å². The molecule has 0 atom stereocenters. The molecule has 0 saturated carbocycles. The van der Waals surface area contributed by atoms with Crippen molar-refractivity contribution in [3.8, 4) is 23.0 Å². The van der Waals surface area contributed by atoms with Crippen LogP contribution < -0.4 is 43.5 Å². The van der Waals surface area contributed by atoms with E-state index >= 15 is 0 Å². The summed E-state index contributed by atoms with van der Waals surface area (Å²) in [4.78, 5) is 37.4. The van der Waals surface area contributed by atoms with E-state index in [0.29, 0.717) is 12.8 Å². The number of aromatic hydroxyl groups is 2. The Morgan fingerprint density at radius 1 is 0.650 bits per heavy atom. The summed E-state index contributed by atoms with van der Waals surface area (Å²) >= 11 is 0. The molecule has 4 aromatic rings. The van der Waals surface area contributed by atoms with Gasteiger partial charge in [0.15, 0.2) is 11.6 Å². The van der Waals surface area contributed by atoms with Crippen molar-refractivity contribution in [3.05, 3.63) is 119 Å². The number of carbonyl (C=O) groups is 2. The smallest absolute Gasteiger partial charge is 0.736 e. The monoisotopic (exact) mass is 568 g/mol. The van der Waals surface area contributed by atoms with E-state index in [-0.39, 0.29) is 76.6 Å². The molecule has 0 radical (unpaired) electrons. The van der Waals surface area contributed by atoms with Gasteiger partial charge in [0, 0.05) is 25.0 Å². The van der Waals surface area contributed by atoms with Gasteiger partial charge >= 0.3 is 37.4 Å². The minimum absolute atomic E-state index is 0. The number of hydrogen-bond acceptors (Lipinski definition) is 8. The fourth-order valence-corrected chi connectivity index (χ4v) is 4.74. The molecule has 0 aliphatic carbocycles. The molecule has 0 heterocycles. The van der Waals surface area contributed by atoms with Crippen LogP contribution in [-0.4, -0.2) is 21.8 Å². The Morgan fingerprint density at radius 3 is 1.38 bits per heavy atom. The molecule has 200 valence electrons. The zero-order valence-corrected chi connectivity index (χ0v) is 24.8. The van der Waals surface area contributed by atoms with Gasteiger partial charge in [-0.1, -0.05) is 60.7 Å². The molecule has 4 rings (SSSR count). The predicted octanol–water partition coefficient (Wildman–Crippen LogP) is 2.66. The summed E-state index contributed by atoms with van der Waals surface area (Å²) < 4.78 is 22.3. The maximum Gasteiger partial charge on any atom is 1.00 e. The Bertz CT molecular complexity index is 1400. The molecule has 0 bridgehead atoms. The van der Waals surface area contributed by atoms with Gasteiger partial charge in [0.1, 0.15) is 23.0 Å². The molecule has 0 aliphatic heterocycles. The largest absolute Gasteiger partial charge is 1.00 e. The van der Waals surface area contributed by atoms with E-state index in [1.165, 1.54) is 24.3 Å². The van der Waals surface area contributed by atoms with Crippen molar-refractivity contribution in [1.82, 2.24) is 0 Å². The molecular weight excluding hydrogens is 542 g/mol. The third-order valence-corrected chi connectivity index (χ3v) is 6.81. The number of benzene rings is 4. The summed E-state index contributed by atoms with van der Waals surface area (Å²) in [6.45, 7) is 0. The number of carbonyl (C=O) groups excluding carboxylic acids is 2. The summed E-state index contributed by atoms with van der Waals surface area (Å²) in [6.07, 6.45) is 1.31. The standard InChI is InChI=1S/C30H27O8P.Na/c31-27(17-11-21-7-3-1-4-8-21)25-15-13-23(19-29(25)33)37-39(35,36)38-24-14-16-26(30(34)20-24)28(32)18-12-22-9-5-2-6-10-22;/h1-10,13-16,19-20,33-34H,11-12,17-18H2,(H,35,36);/q;+1/p-1. The van der Waals surface area contributed by atoms with Gasteiger partial charge < -0.3 is 24.2 Å². The average Bonchev–Trinajstić information content (AvgIpc) is 2.91. The number of ketones is 2. The Hall–Kier alpha value is -3.39. The average molecular weight is 568 g/mol. The molecule has 40 heavy (non-hydrogen) atoms. The molecule has 0 unspecified atom stereocenters. The first-order valence-electron chi connectivity index (χ1n) is 12.2. The minimum atomic E-state index is -5.00. The molecule has 0 amide bonds. The fourth-order valence-electron chi connectivity index (χ4n) is 3.96. The number of phosphoric ester groups is 1. The first-order chi connectivity index (χ1) is 18.7. The van der Waals surface area contributed by atoms with Crippen LogP contribution in [0.15, 0.2) is 97.1 Å². The number of phenolic OH excluding ortho intramolecular Hbond substituents is 2. The Labute approximate surface area is 254 Å². The fraction of sp³-hybridized carbons (Fsp3) is 0.133. The van der Waals surface area contributed by atoms with Crippen molar-refractivity contribution in [2.75, 3.05) is 0 Å². The van der Waals surface area contributed by atoms with Crippen LogP contribution in [0.3, 0.4) is 0 Å². The molecule has 0 aromatic heterocycles. The SMILES string of the molecule is O=C(CCc1ccccc1)c1ccc(OP(=O)([O-])Oc2ccc(C(=O)CCc3ccccc3)c(O)c2)cc1O.[Na+]. The quantitative estimate of drug-likeness (QED) is 0.151. The van der Waals surface area contributed by atoms with E-state index in [2.05, 4.69) is 0 Å². The molecule has 0 saturated heterocycles. The normalized spacial score (nSPS) is 10.8. The summed E-state index contributed by atoms with van der Waals surface area (Å²) in [7, 11) is -5.00. The maximum atomic E-state index is 12.5. The summed E-state index contributed by atoms with van der Waals surface area (Å²) in [5.74, 6) is -2.00. The van der Waals surface area contributed by atoms with Crippen LogP contribution in [-0.2, 0) is 17.4 Å². The van der Waals surface area contributed by atoms with Crippen LogP contribution in [0.4, 0.5) is 0 Å². The van der Waals surface area contributed by atoms with E-state index in [0.717, 1.165) is 23.3 Å². The van der Waals surface area contributed by atoms with E-state index in [9.17, 15) is 29.3 Å². The molecule has 0 spiro atoms. The van der Waals surface area contributed by atoms with Gasteiger partial charge in [-0.15, -0.1) is 0 Å². The maximum absolute atomic E-state index is 12.5. The first kappa shape index (κ1) is 31.1. The molecule has 0 aliphatic rings.